The molecule has 4 rings (SSSR count). The molecule has 0 bridgehead atoms. The zero-order valence-electron chi connectivity index (χ0n) is 12.2. The maximum Gasteiger partial charge on any atom is 0.131 e. The Bertz CT molecular complexity index is 711. The van der Waals surface area contributed by atoms with Gasteiger partial charge >= 0.3 is 0 Å². The molecule has 114 valence electrons. The Morgan fingerprint density at radius 1 is 1.14 bits per heavy atom. The fraction of sp³-hybridized carbons (Fsp3) is 0.333. The van der Waals surface area contributed by atoms with E-state index in [2.05, 4.69) is 17.0 Å². The Morgan fingerprint density at radius 2 is 1.86 bits per heavy atom. The summed E-state index contributed by atoms with van der Waals surface area (Å²) in [5.41, 5.74) is 8.42. The van der Waals surface area contributed by atoms with Crippen LogP contribution < -0.4 is 5.73 Å². The fourth-order valence-electron chi connectivity index (χ4n) is 3.89. The Balaban J connectivity index is 1.77. The molecule has 1 fully saturated rings. The molecule has 0 spiro atoms. The van der Waals surface area contributed by atoms with Gasteiger partial charge in [-0.15, -0.1) is 0 Å². The Labute approximate surface area is 128 Å². The predicted molar refractivity (Wildman–Crippen MR) is 81.1 cm³/mol. The molecular formula is C18H18F2N2. The van der Waals surface area contributed by atoms with Gasteiger partial charge in [-0.1, -0.05) is 30.3 Å². The van der Waals surface area contributed by atoms with E-state index in [0.29, 0.717) is 18.7 Å². The molecule has 0 saturated heterocycles. The normalized spacial score (nSPS) is 22.6. The van der Waals surface area contributed by atoms with Gasteiger partial charge in [0.2, 0.25) is 0 Å². The Morgan fingerprint density at radius 3 is 2.50 bits per heavy atom. The van der Waals surface area contributed by atoms with Gasteiger partial charge in [0.05, 0.1) is 6.04 Å². The highest BCUT2D eigenvalue weighted by atomic mass is 19.1. The number of nitrogens with two attached hydrogens (primary N) is 1. The number of fused-ring (bicyclic) bond motifs is 1. The van der Waals surface area contributed by atoms with Crippen molar-refractivity contribution in [2.75, 3.05) is 6.54 Å². The molecule has 0 amide bonds. The van der Waals surface area contributed by atoms with Gasteiger partial charge < -0.3 is 5.73 Å². The van der Waals surface area contributed by atoms with Crippen LogP contribution in [0.25, 0.3) is 0 Å². The molecule has 0 radical (unpaired) electrons. The van der Waals surface area contributed by atoms with Gasteiger partial charge in [0, 0.05) is 30.3 Å². The third-order valence-corrected chi connectivity index (χ3v) is 5.04. The minimum Gasteiger partial charge on any atom is -0.329 e. The fourth-order valence-corrected chi connectivity index (χ4v) is 3.89. The van der Waals surface area contributed by atoms with Gasteiger partial charge in [0.1, 0.15) is 11.6 Å². The van der Waals surface area contributed by atoms with E-state index in [-0.39, 0.29) is 11.6 Å². The van der Waals surface area contributed by atoms with Crippen molar-refractivity contribution in [2.24, 2.45) is 5.73 Å². The molecule has 2 aromatic rings. The summed E-state index contributed by atoms with van der Waals surface area (Å²) in [5, 5.41) is 0. The van der Waals surface area contributed by atoms with Crippen molar-refractivity contribution in [2.45, 2.75) is 31.0 Å². The molecule has 4 heteroatoms. The second kappa shape index (κ2) is 4.86. The lowest BCUT2D eigenvalue weighted by molar-refractivity contribution is 0.128. The van der Waals surface area contributed by atoms with Crippen molar-refractivity contribution in [3.8, 4) is 0 Å². The third kappa shape index (κ3) is 1.91. The van der Waals surface area contributed by atoms with Gasteiger partial charge in [-0.05, 0) is 30.0 Å². The first kappa shape index (κ1) is 13.9. The lowest BCUT2D eigenvalue weighted by Gasteiger charge is -2.33. The van der Waals surface area contributed by atoms with Crippen LogP contribution in [0.2, 0.25) is 0 Å². The highest BCUT2D eigenvalue weighted by molar-refractivity contribution is 5.40. The third-order valence-electron chi connectivity index (χ3n) is 5.04. The molecule has 22 heavy (non-hydrogen) atoms. The van der Waals surface area contributed by atoms with Crippen LogP contribution in [0, 0.1) is 11.6 Å². The van der Waals surface area contributed by atoms with Gasteiger partial charge in [-0.25, -0.2) is 8.78 Å². The van der Waals surface area contributed by atoms with Crippen molar-refractivity contribution >= 4 is 0 Å². The Kier molecular flexibility index (Phi) is 3.06. The van der Waals surface area contributed by atoms with Crippen molar-refractivity contribution in [1.82, 2.24) is 4.90 Å². The topological polar surface area (TPSA) is 29.3 Å². The molecule has 1 unspecified atom stereocenters. The molecule has 0 aromatic heterocycles. The maximum absolute atomic E-state index is 14.3. The molecular weight excluding hydrogens is 282 g/mol. The van der Waals surface area contributed by atoms with Crippen LogP contribution in [-0.4, -0.2) is 11.4 Å². The molecule has 2 N–H and O–H groups in total. The van der Waals surface area contributed by atoms with E-state index in [9.17, 15) is 8.78 Å². The van der Waals surface area contributed by atoms with Crippen LogP contribution in [0.5, 0.6) is 0 Å². The highest BCUT2D eigenvalue weighted by Crippen LogP contribution is 2.56. The molecule has 1 aliphatic heterocycles. The summed E-state index contributed by atoms with van der Waals surface area (Å²) in [6, 6.07) is 12.5. The van der Waals surface area contributed by atoms with E-state index in [0.717, 1.165) is 24.5 Å². The highest BCUT2D eigenvalue weighted by Gasteiger charge is 2.54. The second-order valence-corrected chi connectivity index (χ2v) is 6.24. The number of halogens is 2. The average molecular weight is 300 g/mol. The molecule has 1 heterocycles. The van der Waals surface area contributed by atoms with Crippen molar-refractivity contribution in [1.29, 1.82) is 0 Å². The van der Waals surface area contributed by atoms with E-state index in [1.54, 1.807) is 0 Å². The minimum atomic E-state index is -0.515. The summed E-state index contributed by atoms with van der Waals surface area (Å²) in [6.07, 6.45) is 2.07. The molecule has 2 aliphatic rings. The van der Waals surface area contributed by atoms with E-state index in [1.165, 1.54) is 11.6 Å². The summed E-state index contributed by atoms with van der Waals surface area (Å²) < 4.78 is 27.8. The van der Waals surface area contributed by atoms with E-state index in [1.807, 2.05) is 18.2 Å². The second-order valence-electron chi connectivity index (χ2n) is 6.24. The average Bonchev–Trinajstić information content (AvgIpc) is 3.24. The summed E-state index contributed by atoms with van der Waals surface area (Å²) >= 11 is 0. The van der Waals surface area contributed by atoms with Crippen LogP contribution >= 0.6 is 0 Å². The zero-order valence-corrected chi connectivity index (χ0v) is 12.2. The van der Waals surface area contributed by atoms with E-state index >= 15 is 0 Å². The van der Waals surface area contributed by atoms with E-state index < -0.39 is 11.6 Å². The molecule has 1 atom stereocenters. The summed E-state index contributed by atoms with van der Waals surface area (Å²) in [6.45, 7) is 0.894. The van der Waals surface area contributed by atoms with E-state index in [4.69, 9.17) is 5.73 Å². The number of hydrogen-bond acceptors (Lipinski definition) is 2. The smallest absolute Gasteiger partial charge is 0.131 e. The quantitative estimate of drug-likeness (QED) is 0.940. The van der Waals surface area contributed by atoms with Gasteiger partial charge in [0.15, 0.2) is 0 Å². The first-order valence-electron chi connectivity index (χ1n) is 7.66. The van der Waals surface area contributed by atoms with Crippen LogP contribution in [0.3, 0.4) is 0 Å². The number of hydrogen-bond donors (Lipinski definition) is 1. The number of nitrogens with zero attached hydrogens (tertiary/aromatic N) is 1. The SMILES string of the molecule is NCC1c2c(F)cc(F)cc2CN1C1(c2ccccc2)CC1. The summed E-state index contributed by atoms with van der Waals surface area (Å²) in [5.74, 6) is -0.991. The lowest BCUT2D eigenvalue weighted by atomic mass is 10.00. The standard InChI is InChI=1S/C18H18F2N2/c19-14-8-12-11-22(16(10-21)17(12)15(20)9-14)18(6-7-18)13-4-2-1-3-5-13/h1-5,8-9,16H,6-7,10-11,21H2. The maximum atomic E-state index is 14.3. The summed E-state index contributed by atoms with van der Waals surface area (Å²) in [4.78, 5) is 2.26. The van der Waals surface area contributed by atoms with Crippen LogP contribution in [0.15, 0.2) is 42.5 Å². The zero-order chi connectivity index (χ0) is 15.3. The van der Waals surface area contributed by atoms with Crippen LogP contribution in [0.4, 0.5) is 8.78 Å². The largest absolute Gasteiger partial charge is 0.329 e. The first-order chi connectivity index (χ1) is 10.7. The van der Waals surface area contributed by atoms with Gasteiger partial charge in [-0.3, -0.25) is 4.90 Å². The van der Waals surface area contributed by atoms with Crippen molar-refractivity contribution in [3.63, 3.8) is 0 Å². The number of benzene rings is 2. The first-order valence-corrected chi connectivity index (χ1v) is 7.66. The number of rotatable bonds is 3. The van der Waals surface area contributed by atoms with Crippen LogP contribution in [-0.2, 0) is 12.1 Å². The summed E-state index contributed by atoms with van der Waals surface area (Å²) in [7, 11) is 0. The monoisotopic (exact) mass is 300 g/mol. The van der Waals surface area contributed by atoms with Crippen LogP contribution in [0.1, 0.15) is 35.6 Å². The molecule has 1 aliphatic carbocycles. The van der Waals surface area contributed by atoms with Gasteiger partial charge in [0.25, 0.3) is 0 Å². The molecule has 1 saturated carbocycles. The van der Waals surface area contributed by atoms with Crippen molar-refractivity contribution < 1.29 is 8.78 Å². The predicted octanol–water partition coefficient (Wildman–Crippen LogP) is 3.47. The minimum absolute atomic E-state index is 0.0762. The lowest BCUT2D eigenvalue weighted by Crippen LogP contribution is -2.37. The molecule has 2 aromatic carbocycles. The van der Waals surface area contributed by atoms with Crippen molar-refractivity contribution in [3.05, 3.63) is 70.8 Å². The van der Waals surface area contributed by atoms with Gasteiger partial charge in [-0.2, -0.15) is 0 Å². The Hall–Kier alpha value is -1.78. The molecule has 2 nitrogen and oxygen atoms in total.